The van der Waals surface area contributed by atoms with Gasteiger partial charge in [-0.15, -0.1) is 0 Å². The third kappa shape index (κ3) is 1.45. The number of carbonyl (C=O) groups excluding carboxylic acids is 1. The van der Waals surface area contributed by atoms with Gasteiger partial charge in [-0.1, -0.05) is 23.2 Å². The van der Waals surface area contributed by atoms with E-state index in [-0.39, 0.29) is 5.15 Å². The van der Waals surface area contributed by atoms with Gasteiger partial charge in [-0.05, 0) is 19.4 Å². The van der Waals surface area contributed by atoms with Crippen molar-refractivity contribution in [1.82, 2.24) is 4.98 Å². The molecule has 1 heterocycles. The van der Waals surface area contributed by atoms with E-state index in [4.69, 9.17) is 23.2 Å². The van der Waals surface area contributed by atoms with Crippen LogP contribution in [0, 0.1) is 13.8 Å². The lowest BCUT2D eigenvalue weighted by molar-refractivity contribution is 0.112. The zero-order chi connectivity index (χ0) is 9.30. The van der Waals surface area contributed by atoms with Crippen LogP contribution in [0.3, 0.4) is 0 Å². The van der Waals surface area contributed by atoms with E-state index in [1.54, 1.807) is 13.8 Å². The number of rotatable bonds is 1. The molecule has 0 amide bonds. The van der Waals surface area contributed by atoms with Crippen molar-refractivity contribution < 1.29 is 4.79 Å². The SMILES string of the molecule is Cc1nc(Cl)c(C=O)c(C)c1Cl. The van der Waals surface area contributed by atoms with Gasteiger partial charge in [0.2, 0.25) is 0 Å². The molecule has 0 bridgehead atoms. The monoisotopic (exact) mass is 203 g/mol. The van der Waals surface area contributed by atoms with Crippen LogP contribution in [0.2, 0.25) is 10.2 Å². The summed E-state index contributed by atoms with van der Waals surface area (Å²) in [7, 11) is 0. The highest BCUT2D eigenvalue weighted by Crippen LogP contribution is 2.25. The van der Waals surface area contributed by atoms with Crippen LogP contribution in [0.4, 0.5) is 0 Å². The summed E-state index contributed by atoms with van der Waals surface area (Å²) in [6.07, 6.45) is 0.663. The molecule has 0 fully saturated rings. The Hall–Kier alpha value is -0.600. The highest BCUT2D eigenvalue weighted by molar-refractivity contribution is 6.35. The molecule has 0 saturated carbocycles. The van der Waals surface area contributed by atoms with Crippen LogP contribution in [0.1, 0.15) is 21.6 Å². The molecule has 0 aromatic carbocycles. The maximum Gasteiger partial charge on any atom is 0.153 e. The molecule has 1 rings (SSSR count). The van der Waals surface area contributed by atoms with E-state index >= 15 is 0 Å². The van der Waals surface area contributed by atoms with Crippen molar-refractivity contribution in [2.45, 2.75) is 13.8 Å². The summed E-state index contributed by atoms with van der Waals surface area (Å²) in [5.74, 6) is 0. The quantitative estimate of drug-likeness (QED) is 0.520. The smallest absolute Gasteiger partial charge is 0.153 e. The first-order chi connectivity index (χ1) is 5.57. The molecule has 0 aliphatic heterocycles. The van der Waals surface area contributed by atoms with E-state index in [1.807, 2.05) is 0 Å². The standard InChI is InChI=1S/C8H7Cl2NO/c1-4-6(3-12)8(10)11-5(2)7(4)9/h3H,1-2H3. The van der Waals surface area contributed by atoms with Gasteiger partial charge >= 0.3 is 0 Å². The van der Waals surface area contributed by atoms with Crippen LogP contribution >= 0.6 is 23.2 Å². The molecular formula is C8H7Cl2NO. The van der Waals surface area contributed by atoms with Crippen LogP contribution < -0.4 is 0 Å². The largest absolute Gasteiger partial charge is 0.298 e. The first-order valence-corrected chi connectivity index (χ1v) is 4.11. The molecular weight excluding hydrogens is 197 g/mol. The third-order valence-corrected chi connectivity index (χ3v) is 2.50. The second-order valence-electron chi connectivity index (χ2n) is 2.46. The molecule has 0 atom stereocenters. The van der Waals surface area contributed by atoms with Gasteiger partial charge in [0.1, 0.15) is 5.15 Å². The molecule has 0 radical (unpaired) electrons. The van der Waals surface area contributed by atoms with Crippen LogP contribution in [0.15, 0.2) is 0 Å². The molecule has 2 nitrogen and oxygen atoms in total. The van der Waals surface area contributed by atoms with Gasteiger partial charge in [0, 0.05) is 0 Å². The van der Waals surface area contributed by atoms with Gasteiger partial charge in [0.05, 0.1) is 16.3 Å². The van der Waals surface area contributed by atoms with Crippen LogP contribution in [-0.4, -0.2) is 11.3 Å². The Morgan fingerprint density at radius 2 is 1.92 bits per heavy atom. The van der Waals surface area contributed by atoms with Crippen molar-refractivity contribution >= 4 is 29.5 Å². The minimum Gasteiger partial charge on any atom is -0.298 e. The van der Waals surface area contributed by atoms with Gasteiger partial charge in [-0.2, -0.15) is 0 Å². The predicted octanol–water partition coefficient (Wildman–Crippen LogP) is 2.82. The van der Waals surface area contributed by atoms with E-state index < -0.39 is 0 Å². The van der Waals surface area contributed by atoms with Crippen LogP contribution in [0.5, 0.6) is 0 Å². The van der Waals surface area contributed by atoms with Crippen molar-refractivity contribution in [3.63, 3.8) is 0 Å². The minimum atomic E-state index is 0.212. The number of aryl methyl sites for hydroxylation is 1. The number of halogens is 2. The number of nitrogens with zero attached hydrogens (tertiary/aromatic N) is 1. The highest BCUT2D eigenvalue weighted by Gasteiger charge is 2.10. The second kappa shape index (κ2) is 3.42. The van der Waals surface area contributed by atoms with E-state index in [0.29, 0.717) is 28.1 Å². The summed E-state index contributed by atoms with van der Waals surface area (Å²) in [6, 6.07) is 0. The maximum absolute atomic E-state index is 10.5. The molecule has 0 saturated heterocycles. The average molecular weight is 204 g/mol. The number of pyridine rings is 1. The van der Waals surface area contributed by atoms with E-state index in [0.717, 1.165) is 0 Å². The number of aromatic nitrogens is 1. The molecule has 0 unspecified atom stereocenters. The Kier molecular flexibility index (Phi) is 2.70. The molecule has 64 valence electrons. The molecule has 0 N–H and O–H groups in total. The summed E-state index contributed by atoms with van der Waals surface area (Å²) in [5, 5.41) is 0.714. The first kappa shape index (κ1) is 9.49. The molecule has 4 heteroatoms. The fraction of sp³-hybridized carbons (Fsp3) is 0.250. The zero-order valence-electron chi connectivity index (χ0n) is 6.69. The lowest BCUT2D eigenvalue weighted by Gasteiger charge is -2.05. The van der Waals surface area contributed by atoms with Crippen molar-refractivity contribution in [2.75, 3.05) is 0 Å². The van der Waals surface area contributed by atoms with Crippen LogP contribution in [-0.2, 0) is 0 Å². The van der Waals surface area contributed by atoms with Crippen molar-refractivity contribution in [3.8, 4) is 0 Å². The third-order valence-electron chi connectivity index (χ3n) is 1.66. The van der Waals surface area contributed by atoms with Gasteiger partial charge < -0.3 is 0 Å². The summed E-state index contributed by atoms with van der Waals surface area (Å²) < 4.78 is 0. The fourth-order valence-corrected chi connectivity index (χ4v) is 1.39. The molecule has 1 aromatic rings. The topological polar surface area (TPSA) is 30.0 Å². The zero-order valence-corrected chi connectivity index (χ0v) is 8.20. The number of hydrogen-bond donors (Lipinski definition) is 0. The van der Waals surface area contributed by atoms with Gasteiger partial charge in [0.15, 0.2) is 6.29 Å². The Labute approximate surface area is 80.5 Å². The molecule has 1 aromatic heterocycles. The number of hydrogen-bond acceptors (Lipinski definition) is 2. The summed E-state index contributed by atoms with van der Waals surface area (Å²) in [6.45, 7) is 3.49. The molecule has 12 heavy (non-hydrogen) atoms. The summed E-state index contributed by atoms with van der Waals surface area (Å²) in [4.78, 5) is 14.4. The Balaban J connectivity index is 3.51. The van der Waals surface area contributed by atoms with Crippen molar-refractivity contribution in [1.29, 1.82) is 0 Å². The van der Waals surface area contributed by atoms with Gasteiger partial charge in [-0.25, -0.2) is 4.98 Å². The Morgan fingerprint density at radius 3 is 2.42 bits per heavy atom. The van der Waals surface area contributed by atoms with E-state index in [1.165, 1.54) is 0 Å². The van der Waals surface area contributed by atoms with E-state index in [9.17, 15) is 4.79 Å². The highest BCUT2D eigenvalue weighted by atomic mass is 35.5. The maximum atomic E-state index is 10.5. The van der Waals surface area contributed by atoms with Crippen molar-refractivity contribution in [2.24, 2.45) is 0 Å². The van der Waals surface area contributed by atoms with Crippen LogP contribution in [0.25, 0.3) is 0 Å². The normalized spacial score (nSPS) is 10.0. The predicted molar refractivity (Wildman–Crippen MR) is 49.1 cm³/mol. The Morgan fingerprint density at radius 1 is 1.33 bits per heavy atom. The number of carbonyl (C=O) groups is 1. The summed E-state index contributed by atoms with van der Waals surface area (Å²) in [5.41, 5.74) is 1.70. The lowest BCUT2D eigenvalue weighted by Crippen LogP contribution is -1.95. The number of aldehydes is 1. The minimum absolute atomic E-state index is 0.212. The lowest BCUT2D eigenvalue weighted by atomic mass is 10.1. The average Bonchev–Trinajstić information content (AvgIpc) is 2.01. The fourth-order valence-electron chi connectivity index (χ4n) is 0.938. The Bertz CT molecular complexity index is 336. The summed E-state index contributed by atoms with van der Waals surface area (Å²) >= 11 is 11.6. The van der Waals surface area contributed by atoms with Gasteiger partial charge in [0.25, 0.3) is 0 Å². The van der Waals surface area contributed by atoms with Crippen molar-refractivity contribution in [3.05, 3.63) is 27.0 Å². The van der Waals surface area contributed by atoms with E-state index in [2.05, 4.69) is 4.98 Å². The molecule has 0 spiro atoms. The molecule has 0 aliphatic carbocycles. The second-order valence-corrected chi connectivity index (χ2v) is 3.19. The molecule has 0 aliphatic rings. The van der Waals surface area contributed by atoms with Gasteiger partial charge in [-0.3, -0.25) is 4.79 Å². The first-order valence-electron chi connectivity index (χ1n) is 3.35.